The van der Waals surface area contributed by atoms with Crippen LogP contribution in [-0.2, 0) is 16.6 Å². The third kappa shape index (κ3) is 2.45. The topological polar surface area (TPSA) is 79.5 Å². The zero-order valence-electron chi connectivity index (χ0n) is 8.85. The van der Waals surface area contributed by atoms with Crippen LogP contribution in [0.2, 0.25) is 0 Å². The number of rotatable bonds is 4. The molecule has 1 aromatic rings. The second kappa shape index (κ2) is 4.57. The second-order valence-electron chi connectivity index (χ2n) is 3.98. The summed E-state index contributed by atoms with van der Waals surface area (Å²) in [7, 11) is -3.56. The Hall–Kier alpha value is -0.850. The standard InChI is InChI=1S/C10H15NO4S/c12-7-9-5-6-10(15-9)16(13,14)11-8-3-1-2-4-8/h5-6,8,11-12H,1-4,7H2. The van der Waals surface area contributed by atoms with Gasteiger partial charge in [0.25, 0.3) is 10.0 Å². The van der Waals surface area contributed by atoms with E-state index < -0.39 is 10.0 Å². The minimum absolute atomic E-state index is 0.0210. The van der Waals surface area contributed by atoms with Gasteiger partial charge in [-0.15, -0.1) is 0 Å². The first-order chi connectivity index (χ1) is 7.62. The lowest BCUT2D eigenvalue weighted by atomic mass is 10.3. The van der Waals surface area contributed by atoms with E-state index in [-0.39, 0.29) is 23.5 Å². The van der Waals surface area contributed by atoms with Gasteiger partial charge in [-0.05, 0) is 25.0 Å². The Bertz CT molecular complexity index is 445. The predicted octanol–water partition coefficient (Wildman–Crippen LogP) is 0.993. The van der Waals surface area contributed by atoms with E-state index >= 15 is 0 Å². The van der Waals surface area contributed by atoms with Crippen LogP contribution in [0.5, 0.6) is 0 Å². The number of nitrogens with one attached hydrogen (secondary N) is 1. The quantitative estimate of drug-likeness (QED) is 0.829. The Morgan fingerprint density at radius 1 is 1.38 bits per heavy atom. The van der Waals surface area contributed by atoms with E-state index in [1.807, 2.05) is 0 Å². The molecule has 1 aliphatic carbocycles. The van der Waals surface area contributed by atoms with Crippen molar-refractivity contribution in [3.8, 4) is 0 Å². The summed E-state index contributed by atoms with van der Waals surface area (Å²) in [6.07, 6.45) is 3.89. The van der Waals surface area contributed by atoms with Crippen molar-refractivity contribution in [3.05, 3.63) is 17.9 Å². The van der Waals surface area contributed by atoms with Crippen molar-refractivity contribution in [2.75, 3.05) is 0 Å². The highest BCUT2D eigenvalue weighted by atomic mass is 32.2. The summed E-state index contributed by atoms with van der Waals surface area (Å²) in [5, 5.41) is 8.67. The molecule has 0 saturated heterocycles. The lowest BCUT2D eigenvalue weighted by molar-refractivity contribution is 0.236. The molecule has 1 fully saturated rings. The van der Waals surface area contributed by atoms with Crippen LogP contribution in [0.3, 0.4) is 0 Å². The smallest absolute Gasteiger partial charge is 0.274 e. The molecule has 0 atom stereocenters. The number of furan rings is 1. The molecule has 0 radical (unpaired) electrons. The first kappa shape index (κ1) is 11.6. The fourth-order valence-electron chi connectivity index (χ4n) is 1.91. The molecule has 0 aromatic carbocycles. The number of sulfonamides is 1. The fourth-order valence-corrected chi connectivity index (χ4v) is 3.16. The van der Waals surface area contributed by atoms with E-state index in [0.29, 0.717) is 0 Å². The average molecular weight is 245 g/mol. The summed E-state index contributed by atoms with van der Waals surface area (Å²) >= 11 is 0. The molecule has 1 aromatic heterocycles. The monoisotopic (exact) mass is 245 g/mol. The number of hydrogen-bond acceptors (Lipinski definition) is 4. The van der Waals surface area contributed by atoms with Gasteiger partial charge in [-0.2, -0.15) is 0 Å². The van der Waals surface area contributed by atoms with Gasteiger partial charge in [-0.3, -0.25) is 0 Å². The van der Waals surface area contributed by atoms with Crippen molar-refractivity contribution in [2.45, 2.75) is 43.4 Å². The summed E-state index contributed by atoms with van der Waals surface area (Å²) in [5.74, 6) is 0.256. The molecule has 0 bridgehead atoms. The van der Waals surface area contributed by atoms with E-state index in [9.17, 15) is 8.42 Å². The van der Waals surface area contributed by atoms with Crippen LogP contribution in [-0.4, -0.2) is 19.6 Å². The van der Waals surface area contributed by atoms with Gasteiger partial charge < -0.3 is 9.52 Å². The normalized spacial score (nSPS) is 18.1. The second-order valence-corrected chi connectivity index (χ2v) is 5.63. The minimum Gasteiger partial charge on any atom is -0.446 e. The van der Waals surface area contributed by atoms with Crippen LogP contribution >= 0.6 is 0 Å². The zero-order chi connectivity index (χ0) is 11.6. The van der Waals surface area contributed by atoms with Crippen molar-refractivity contribution in [1.29, 1.82) is 0 Å². The molecule has 0 aliphatic heterocycles. The molecule has 0 amide bonds. The maximum Gasteiger partial charge on any atom is 0.274 e. The lowest BCUT2D eigenvalue weighted by Crippen LogP contribution is -2.32. The molecule has 2 N–H and O–H groups in total. The molecule has 90 valence electrons. The summed E-state index contributed by atoms with van der Waals surface area (Å²) in [6.45, 7) is -0.293. The average Bonchev–Trinajstić information content (AvgIpc) is 2.85. The Kier molecular flexibility index (Phi) is 3.32. The Morgan fingerprint density at radius 3 is 2.62 bits per heavy atom. The van der Waals surface area contributed by atoms with Crippen molar-refractivity contribution in [2.24, 2.45) is 0 Å². The highest BCUT2D eigenvalue weighted by Crippen LogP contribution is 2.21. The van der Waals surface area contributed by atoms with Crippen molar-refractivity contribution < 1.29 is 17.9 Å². The summed E-state index contributed by atoms with van der Waals surface area (Å²) in [5.41, 5.74) is 0. The van der Waals surface area contributed by atoms with Crippen LogP contribution < -0.4 is 4.72 Å². The molecule has 0 spiro atoms. The van der Waals surface area contributed by atoms with Gasteiger partial charge in [-0.1, -0.05) is 12.8 Å². The molecule has 16 heavy (non-hydrogen) atoms. The molecule has 0 unspecified atom stereocenters. The molecule has 1 saturated carbocycles. The highest BCUT2D eigenvalue weighted by molar-refractivity contribution is 7.89. The Labute approximate surface area is 94.5 Å². The van der Waals surface area contributed by atoms with Crippen LogP contribution in [0.15, 0.2) is 21.6 Å². The first-order valence-corrected chi connectivity index (χ1v) is 6.82. The molecular weight excluding hydrogens is 230 g/mol. The first-order valence-electron chi connectivity index (χ1n) is 5.34. The molecule has 6 heteroatoms. The van der Waals surface area contributed by atoms with Crippen LogP contribution in [0.25, 0.3) is 0 Å². The SMILES string of the molecule is O=S(=O)(NC1CCCC1)c1ccc(CO)o1. The van der Waals surface area contributed by atoms with Gasteiger partial charge in [0.15, 0.2) is 0 Å². The summed E-state index contributed by atoms with van der Waals surface area (Å²) in [6, 6.07) is 2.85. The van der Waals surface area contributed by atoms with Gasteiger partial charge >= 0.3 is 0 Å². The molecule has 5 nitrogen and oxygen atoms in total. The number of hydrogen-bond donors (Lipinski definition) is 2. The molecular formula is C10H15NO4S. The van der Waals surface area contributed by atoms with Crippen LogP contribution in [0.4, 0.5) is 0 Å². The number of aliphatic hydroxyl groups excluding tert-OH is 1. The maximum absolute atomic E-state index is 11.8. The molecule has 1 aliphatic rings. The largest absolute Gasteiger partial charge is 0.446 e. The summed E-state index contributed by atoms with van der Waals surface area (Å²) in [4.78, 5) is 0. The van der Waals surface area contributed by atoms with Gasteiger partial charge in [-0.25, -0.2) is 13.1 Å². The van der Waals surface area contributed by atoms with E-state index in [1.54, 1.807) is 0 Å². The van der Waals surface area contributed by atoms with Crippen LogP contribution in [0, 0.1) is 0 Å². The van der Waals surface area contributed by atoms with Crippen molar-refractivity contribution in [1.82, 2.24) is 4.72 Å². The Balaban J connectivity index is 2.11. The molecule has 2 rings (SSSR count). The van der Waals surface area contributed by atoms with Gasteiger partial charge in [0.05, 0.1) is 0 Å². The number of aliphatic hydroxyl groups is 1. The molecule has 1 heterocycles. The minimum atomic E-state index is -3.56. The van der Waals surface area contributed by atoms with E-state index in [2.05, 4.69) is 4.72 Å². The Morgan fingerprint density at radius 2 is 2.06 bits per heavy atom. The van der Waals surface area contributed by atoms with Crippen molar-refractivity contribution in [3.63, 3.8) is 0 Å². The maximum atomic E-state index is 11.8. The highest BCUT2D eigenvalue weighted by Gasteiger charge is 2.25. The third-order valence-corrected chi connectivity index (χ3v) is 4.13. The zero-order valence-corrected chi connectivity index (χ0v) is 9.66. The predicted molar refractivity (Wildman–Crippen MR) is 57.2 cm³/mol. The summed E-state index contributed by atoms with van der Waals surface area (Å²) < 4.78 is 31.3. The van der Waals surface area contributed by atoms with E-state index in [4.69, 9.17) is 9.52 Å². The van der Waals surface area contributed by atoms with Gasteiger partial charge in [0, 0.05) is 6.04 Å². The van der Waals surface area contributed by atoms with E-state index in [0.717, 1.165) is 25.7 Å². The lowest BCUT2D eigenvalue weighted by Gasteiger charge is -2.10. The van der Waals surface area contributed by atoms with E-state index in [1.165, 1.54) is 12.1 Å². The van der Waals surface area contributed by atoms with Crippen molar-refractivity contribution >= 4 is 10.0 Å². The van der Waals surface area contributed by atoms with Crippen LogP contribution in [0.1, 0.15) is 31.4 Å². The van der Waals surface area contributed by atoms with Gasteiger partial charge in [0.2, 0.25) is 5.09 Å². The fraction of sp³-hybridized carbons (Fsp3) is 0.600. The third-order valence-electron chi connectivity index (χ3n) is 2.73. The van der Waals surface area contributed by atoms with Gasteiger partial charge in [0.1, 0.15) is 12.4 Å².